The number of carbonyl (C=O) groups excluding carboxylic acids is 2. The molecule has 0 spiro atoms. The van der Waals surface area contributed by atoms with Crippen LogP contribution < -0.4 is 5.32 Å². The number of hydrogen-bond donors (Lipinski definition) is 1. The van der Waals surface area contributed by atoms with Crippen molar-refractivity contribution in [3.63, 3.8) is 0 Å². The molecule has 1 atom stereocenters. The first-order valence-electron chi connectivity index (χ1n) is 11.1. The van der Waals surface area contributed by atoms with Crippen LogP contribution in [0.2, 0.25) is 0 Å². The van der Waals surface area contributed by atoms with E-state index in [0.29, 0.717) is 16.1 Å². The van der Waals surface area contributed by atoms with Gasteiger partial charge < -0.3 is 10.2 Å². The summed E-state index contributed by atoms with van der Waals surface area (Å²) >= 11 is 1.25. The molecule has 1 aliphatic rings. The van der Waals surface area contributed by atoms with Crippen molar-refractivity contribution in [3.8, 4) is 17.2 Å². The molecule has 1 unspecified atom stereocenters. The first-order chi connectivity index (χ1) is 17.0. The molecule has 3 heterocycles. The highest BCUT2D eigenvalue weighted by atomic mass is 32.1. The van der Waals surface area contributed by atoms with Gasteiger partial charge in [-0.2, -0.15) is 23.5 Å². The second kappa shape index (κ2) is 9.62. The van der Waals surface area contributed by atoms with Crippen LogP contribution in [0, 0.1) is 11.3 Å². The summed E-state index contributed by atoms with van der Waals surface area (Å²) < 4.78 is 43.3. The topological polar surface area (TPSA) is 91.0 Å². The number of thiophene rings is 1. The second-order valence-corrected chi connectivity index (χ2v) is 9.44. The summed E-state index contributed by atoms with van der Waals surface area (Å²) in [6.45, 7) is 7.25. The van der Waals surface area contributed by atoms with Crippen molar-refractivity contribution in [2.75, 3.05) is 11.9 Å². The zero-order chi connectivity index (χ0) is 26.2. The van der Waals surface area contributed by atoms with Crippen LogP contribution in [0.1, 0.15) is 46.3 Å². The van der Waals surface area contributed by atoms with Crippen LogP contribution in [-0.2, 0) is 28.9 Å². The van der Waals surface area contributed by atoms with Crippen LogP contribution in [-0.4, -0.2) is 33.0 Å². The highest BCUT2D eigenvalue weighted by molar-refractivity contribution is 7.12. The minimum Gasteiger partial charge on any atom is -0.333 e. The first kappa shape index (κ1) is 25.2. The van der Waals surface area contributed by atoms with Crippen LogP contribution in [0.3, 0.4) is 0 Å². The molecule has 1 aromatic carbocycles. The van der Waals surface area contributed by atoms with E-state index in [1.54, 1.807) is 30.0 Å². The van der Waals surface area contributed by atoms with E-state index in [0.717, 1.165) is 10.4 Å². The van der Waals surface area contributed by atoms with Gasteiger partial charge in [0, 0.05) is 48.3 Å². The molecule has 2 amide bonds. The zero-order valence-corrected chi connectivity index (χ0v) is 20.3. The minimum absolute atomic E-state index is 0.129. The zero-order valence-electron chi connectivity index (χ0n) is 19.5. The Morgan fingerprint density at radius 3 is 2.67 bits per heavy atom. The van der Waals surface area contributed by atoms with Gasteiger partial charge >= 0.3 is 6.18 Å². The molecular formula is C25H22F3N5O2S. The Labute approximate surface area is 209 Å². The molecule has 0 saturated heterocycles. The largest absolute Gasteiger partial charge is 0.435 e. The van der Waals surface area contributed by atoms with Crippen molar-refractivity contribution >= 4 is 28.8 Å². The van der Waals surface area contributed by atoms with E-state index in [2.05, 4.69) is 23.1 Å². The number of nitriles is 1. The second-order valence-electron chi connectivity index (χ2n) is 8.30. The van der Waals surface area contributed by atoms with E-state index in [4.69, 9.17) is 0 Å². The van der Waals surface area contributed by atoms with E-state index < -0.39 is 17.8 Å². The van der Waals surface area contributed by atoms with Crippen LogP contribution >= 0.6 is 11.3 Å². The van der Waals surface area contributed by atoms with Gasteiger partial charge in [0.25, 0.3) is 0 Å². The predicted molar refractivity (Wildman–Crippen MR) is 129 cm³/mol. The number of anilines is 1. The fourth-order valence-corrected chi connectivity index (χ4v) is 5.44. The Balaban J connectivity index is 1.97. The fraction of sp³-hybridized carbons (Fsp3) is 0.280. The Kier molecular flexibility index (Phi) is 6.73. The molecular weight excluding hydrogens is 491 g/mol. The lowest BCUT2D eigenvalue weighted by Gasteiger charge is -2.33. The smallest absolute Gasteiger partial charge is 0.333 e. The van der Waals surface area contributed by atoms with E-state index in [-0.39, 0.29) is 42.6 Å². The Morgan fingerprint density at radius 1 is 1.31 bits per heavy atom. The number of aromatic nitrogens is 2. The molecule has 0 bridgehead atoms. The first-order valence-corrected chi connectivity index (χ1v) is 11.9. The third kappa shape index (κ3) is 4.77. The van der Waals surface area contributed by atoms with Gasteiger partial charge in [0.2, 0.25) is 11.8 Å². The molecule has 4 rings (SSSR count). The summed E-state index contributed by atoms with van der Waals surface area (Å²) in [6, 6.07) is 8.61. The Hall–Kier alpha value is -3.91. The number of fused-ring (bicyclic) bond motifs is 1. The van der Waals surface area contributed by atoms with Gasteiger partial charge in [-0.25, -0.2) is 0 Å². The predicted octanol–water partition coefficient (Wildman–Crippen LogP) is 5.14. The number of hydrogen-bond acceptors (Lipinski definition) is 5. The third-order valence-electron chi connectivity index (χ3n) is 5.94. The SMILES string of the molecule is C=CC(=O)N1Cc2sc(C#N)cc2C(c2ccc(NC(C)=O)cc2-c2cn(CC)nc2C(F)(F)F)C1. The van der Waals surface area contributed by atoms with Crippen molar-refractivity contribution in [1.82, 2.24) is 14.7 Å². The van der Waals surface area contributed by atoms with Gasteiger partial charge in [-0.05, 0) is 47.9 Å². The van der Waals surface area contributed by atoms with Crippen molar-refractivity contribution in [2.24, 2.45) is 0 Å². The number of nitrogens with one attached hydrogen (secondary N) is 1. The molecule has 0 fully saturated rings. The normalized spacial score (nSPS) is 15.2. The summed E-state index contributed by atoms with van der Waals surface area (Å²) in [5.74, 6) is -1.19. The molecule has 0 aliphatic carbocycles. The van der Waals surface area contributed by atoms with Crippen molar-refractivity contribution in [2.45, 2.75) is 39.0 Å². The number of benzene rings is 1. The molecule has 186 valence electrons. The molecule has 7 nitrogen and oxygen atoms in total. The Bertz CT molecular complexity index is 1400. The van der Waals surface area contributed by atoms with Crippen molar-refractivity contribution in [1.29, 1.82) is 5.26 Å². The number of alkyl halides is 3. The molecule has 11 heteroatoms. The molecule has 1 N–H and O–H groups in total. The number of aryl methyl sites for hydroxylation is 1. The highest BCUT2D eigenvalue weighted by Gasteiger charge is 2.39. The summed E-state index contributed by atoms with van der Waals surface area (Å²) in [4.78, 5) is 27.0. The summed E-state index contributed by atoms with van der Waals surface area (Å²) in [5.41, 5.74) is 0.711. The van der Waals surface area contributed by atoms with Gasteiger partial charge in [0.1, 0.15) is 10.9 Å². The van der Waals surface area contributed by atoms with E-state index in [9.17, 15) is 28.0 Å². The molecule has 0 saturated carbocycles. The summed E-state index contributed by atoms with van der Waals surface area (Å²) in [6.07, 6.45) is -2.19. The lowest BCUT2D eigenvalue weighted by atomic mass is 9.83. The van der Waals surface area contributed by atoms with Crippen LogP contribution in [0.4, 0.5) is 18.9 Å². The standard InChI is InChI=1S/C25H22F3N5O2S/c1-4-23(35)32-11-20(19-9-16(10-29)36-22(19)13-32)17-7-6-15(30-14(3)34)8-18(17)21-12-33(5-2)31-24(21)25(26,27)28/h4,6-9,12,20H,1,5,11,13H2,2-3H3,(H,30,34). The summed E-state index contributed by atoms with van der Waals surface area (Å²) in [5, 5.41) is 15.8. The van der Waals surface area contributed by atoms with Crippen LogP contribution in [0.15, 0.2) is 43.1 Å². The fourth-order valence-electron chi connectivity index (χ4n) is 4.40. The number of amides is 2. The molecule has 2 aromatic heterocycles. The molecule has 1 aliphatic heterocycles. The molecule has 0 radical (unpaired) electrons. The average molecular weight is 514 g/mol. The van der Waals surface area contributed by atoms with Crippen LogP contribution in [0.25, 0.3) is 11.1 Å². The maximum atomic E-state index is 14.0. The highest BCUT2D eigenvalue weighted by Crippen LogP contribution is 2.45. The maximum Gasteiger partial charge on any atom is 0.435 e. The van der Waals surface area contributed by atoms with Gasteiger partial charge in [-0.3, -0.25) is 14.3 Å². The lowest BCUT2D eigenvalue weighted by Crippen LogP contribution is -2.37. The Morgan fingerprint density at radius 2 is 2.06 bits per heavy atom. The van der Waals surface area contributed by atoms with E-state index in [1.807, 2.05) is 0 Å². The summed E-state index contributed by atoms with van der Waals surface area (Å²) in [7, 11) is 0. The minimum atomic E-state index is -4.71. The number of rotatable bonds is 5. The molecule has 36 heavy (non-hydrogen) atoms. The van der Waals surface area contributed by atoms with Gasteiger partial charge in [-0.1, -0.05) is 12.6 Å². The van der Waals surface area contributed by atoms with Crippen molar-refractivity contribution in [3.05, 3.63) is 69.7 Å². The third-order valence-corrected chi connectivity index (χ3v) is 6.98. The van der Waals surface area contributed by atoms with Crippen molar-refractivity contribution < 1.29 is 22.8 Å². The van der Waals surface area contributed by atoms with E-state index >= 15 is 0 Å². The van der Waals surface area contributed by atoms with Crippen LogP contribution in [0.5, 0.6) is 0 Å². The average Bonchev–Trinajstić information content (AvgIpc) is 3.46. The number of nitrogens with zero attached hydrogens (tertiary/aromatic N) is 4. The quantitative estimate of drug-likeness (QED) is 0.479. The molecule has 3 aromatic rings. The number of carbonyl (C=O) groups is 2. The maximum absolute atomic E-state index is 14.0. The monoisotopic (exact) mass is 513 g/mol. The van der Waals surface area contributed by atoms with Gasteiger partial charge in [0.05, 0.1) is 6.54 Å². The lowest BCUT2D eigenvalue weighted by molar-refractivity contribution is -0.141. The van der Waals surface area contributed by atoms with E-state index in [1.165, 1.54) is 41.3 Å². The number of halogens is 3. The van der Waals surface area contributed by atoms with Gasteiger partial charge in [0.15, 0.2) is 5.69 Å². The van der Waals surface area contributed by atoms with Gasteiger partial charge in [-0.15, -0.1) is 11.3 Å².